The fourth-order valence-corrected chi connectivity index (χ4v) is 2.96. The molecule has 1 heterocycles. The number of hydrogen-bond donors (Lipinski definition) is 2. The van der Waals surface area contributed by atoms with E-state index >= 15 is 0 Å². The summed E-state index contributed by atoms with van der Waals surface area (Å²) in [6, 6.07) is 6.64. The largest absolute Gasteiger partial charge is 0.416 e. The molecule has 2 aromatic rings. The van der Waals surface area contributed by atoms with Gasteiger partial charge in [-0.1, -0.05) is 11.8 Å². The van der Waals surface area contributed by atoms with Gasteiger partial charge in [-0.15, -0.1) is 0 Å². The van der Waals surface area contributed by atoms with Crippen molar-refractivity contribution in [1.82, 2.24) is 4.98 Å². The van der Waals surface area contributed by atoms with Gasteiger partial charge in [0.2, 0.25) is 0 Å². The number of hydrogen-bond acceptors (Lipinski definition) is 3. The van der Waals surface area contributed by atoms with E-state index in [9.17, 15) is 13.2 Å². The summed E-state index contributed by atoms with van der Waals surface area (Å²) in [6.45, 7) is 0. The topological polar surface area (TPSA) is 62.8 Å². The van der Waals surface area contributed by atoms with Crippen LogP contribution < -0.4 is 5.73 Å². The number of nitrogen functional groups attached to an aromatic ring is 1. The fraction of sp³-hybridized carbons (Fsp3) is 0.0769. The van der Waals surface area contributed by atoms with E-state index in [-0.39, 0.29) is 5.56 Å². The van der Waals surface area contributed by atoms with Crippen LogP contribution in [-0.2, 0) is 6.18 Å². The molecular formula is C13H9BrF3N3S. The molecule has 8 heteroatoms. The van der Waals surface area contributed by atoms with Gasteiger partial charge in [0.25, 0.3) is 0 Å². The third kappa shape index (κ3) is 3.76. The summed E-state index contributed by atoms with van der Waals surface area (Å²) in [6.07, 6.45) is -2.90. The lowest BCUT2D eigenvalue weighted by Gasteiger charge is -2.12. The van der Waals surface area contributed by atoms with Gasteiger partial charge in [0, 0.05) is 16.7 Å². The quantitative estimate of drug-likeness (QED) is 0.620. The minimum absolute atomic E-state index is 0.0346. The molecule has 0 aliphatic rings. The SMILES string of the molecule is N=C(N)c1cc(C(F)(F)F)ccc1Sc1ncccc1Br. The van der Waals surface area contributed by atoms with Gasteiger partial charge in [-0.3, -0.25) is 5.41 Å². The van der Waals surface area contributed by atoms with Crippen molar-refractivity contribution in [2.45, 2.75) is 16.1 Å². The predicted molar refractivity (Wildman–Crippen MR) is 78.5 cm³/mol. The van der Waals surface area contributed by atoms with E-state index in [4.69, 9.17) is 11.1 Å². The first-order valence-corrected chi connectivity index (χ1v) is 7.24. The van der Waals surface area contributed by atoms with Crippen LogP contribution in [0.15, 0.2) is 50.9 Å². The Morgan fingerprint density at radius 1 is 1.29 bits per heavy atom. The highest BCUT2D eigenvalue weighted by molar-refractivity contribution is 9.10. The number of pyridine rings is 1. The number of benzene rings is 1. The van der Waals surface area contributed by atoms with Gasteiger partial charge in [0.15, 0.2) is 0 Å². The Bertz CT molecular complexity index is 689. The van der Waals surface area contributed by atoms with Crippen LogP contribution in [0.3, 0.4) is 0 Å². The summed E-state index contributed by atoms with van der Waals surface area (Å²) in [5, 5.41) is 8.04. The number of halogens is 4. The normalized spacial score (nSPS) is 11.4. The molecule has 1 aromatic heterocycles. The van der Waals surface area contributed by atoms with Crippen molar-refractivity contribution in [1.29, 1.82) is 5.41 Å². The zero-order valence-electron chi connectivity index (χ0n) is 10.4. The highest BCUT2D eigenvalue weighted by atomic mass is 79.9. The molecule has 0 aliphatic carbocycles. The van der Waals surface area contributed by atoms with Crippen LogP contribution in [0.4, 0.5) is 13.2 Å². The first-order valence-electron chi connectivity index (χ1n) is 5.63. The third-order valence-corrected chi connectivity index (χ3v) is 4.53. The maximum Gasteiger partial charge on any atom is 0.416 e. The average Bonchev–Trinajstić information content (AvgIpc) is 2.40. The van der Waals surface area contributed by atoms with Crippen LogP contribution in [0.25, 0.3) is 0 Å². The fourth-order valence-electron chi connectivity index (χ4n) is 1.56. The number of aromatic nitrogens is 1. The van der Waals surface area contributed by atoms with Gasteiger partial charge in [0.1, 0.15) is 10.9 Å². The Kier molecular flexibility index (Phi) is 4.58. The molecule has 3 nitrogen and oxygen atoms in total. The van der Waals surface area contributed by atoms with Crippen molar-refractivity contribution in [2.24, 2.45) is 5.73 Å². The van der Waals surface area contributed by atoms with Gasteiger partial charge in [0.05, 0.1) is 10.0 Å². The second-order valence-electron chi connectivity index (χ2n) is 4.01. The van der Waals surface area contributed by atoms with E-state index in [1.807, 2.05) is 0 Å². The molecule has 3 N–H and O–H groups in total. The molecule has 110 valence electrons. The molecule has 0 unspecified atom stereocenters. The van der Waals surface area contributed by atoms with Gasteiger partial charge >= 0.3 is 6.18 Å². The molecule has 0 saturated heterocycles. The van der Waals surface area contributed by atoms with Crippen molar-refractivity contribution in [3.63, 3.8) is 0 Å². The van der Waals surface area contributed by atoms with E-state index in [0.29, 0.717) is 14.4 Å². The zero-order valence-corrected chi connectivity index (χ0v) is 12.8. The van der Waals surface area contributed by atoms with E-state index in [1.165, 1.54) is 6.07 Å². The smallest absolute Gasteiger partial charge is 0.384 e. The molecule has 2 rings (SSSR count). The van der Waals surface area contributed by atoms with Gasteiger partial charge in [-0.05, 0) is 46.3 Å². The molecule has 0 atom stereocenters. The van der Waals surface area contributed by atoms with Crippen LogP contribution in [0.2, 0.25) is 0 Å². The molecular weight excluding hydrogens is 367 g/mol. The molecule has 0 radical (unpaired) electrons. The highest BCUT2D eigenvalue weighted by Gasteiger charge is 2.31. The first kappa shape index (κ1) is 15.8. The second-order valence-corrected chi connectivity index (χ2v) is 5.90. The molecule has 0 fully saturated rings. The maximum absolute atomic E-state index is 12.7. The number of nitrogens with one attached hydrogen (secondary N) is 1. The summed E-state index contributed by atoms with van der Waals surface area (Å²) >= 11 is 4.46. The minimum Gasteiger partial charge on any atom is -0.384 e. The summed E-state index contributed by atoms with van der Waals surface area (Å²) in [5.41, 5.74) is 4.59. The second kappa shape index (κ2) is 6.07. The summed E-state index contributed by atoms with van der Waals surface area (Å²) in [7, 11) is 0. The van der Waals surface area contributed by atoms with Crippen LogP contribution in [0.1, 0.15) is 11.1 Å². The molecule has 0 saturated carbocycles. The van der Waals surface area contributed by atoms with Crippen LogP contribution in [0.5, 0.6) is 0 Å². The van der Waals surface area contributed by atoms with Gasteiger partial charge < -0.3 is 5.73 Å². The summed E-state index contributed by atoms with van der Waals surface area (Å²) < 4.78 is 38.9. The number of nitrogens with zero attached hydrogens (tertiary/aromatic N) is 1. The predicted octanol–water partition coefficient (Wildman–Crippen LogP) is 4.30. The molecule has 1 aromatic carbocycles. The van der Waals surface area contributed by atoms with Crippen LogP contribution >= 0.6 is 27.7 Å². The van der Waals surface area contributed by atoms with Crippen LogP contribution in [0, 0.1) is 5.41 Å². The summed E-state index contributed by atoms with van der Waals surface area (Å²) in [4.78, 5) is 4.57. The third-order valence-electron chi connectivity index (χ3n) is 2.53. The van der Waals surface area contributed by atoms with E-state index in [2.05, 4.69) is 20.9 Å². The maximum atomic E-state index is 12.7. The summed E-state index contributed by atoms with van der Waals surface area (Å²) in [5.74, 6) is -0.421. The van der Waals surface area contributed by atoms with Gasteiger partial charge in [-0.2, -0.15) is 13.2 Å². The number of nitrogens with two attached hydrogens (primary N) is 1. The number of amidine groups is 1. The Morgan fingerprint density at radius 2 is 2.00 bits per heavy atom. The Hall–Kier alpha value is -1.54. The van der Waals surface area contributed by atoms with Crippen molar-refractivity contribution < 1.29 is 13.2 Å². The van der Waals surface area contributed by atoms with E-state index in [0.717, 1.165) is 23.9 Å². The number of alkyl halides is 3. The highest BCUT2D eigenvalue weighted by Crippen LogP contribution is 2.37. The molecule has 0 spiro atoms. The van der Waals surface area contributed by atoms with E-state index in [1.54, 1.807) is 18.3 Å². The zero-order chi connectivity index (χ0) is 15.6. The molecule has 0 aliphatic heterocycles. The number of rotatable bonds is 3. The van der Waals surface area contributed by atoms with Gasteiger partial charge in [-0.25, -0.2) is 4.98 Å². The van der Waals surface area contributed by atoms with Crippen molar-refractivity contribution in [2.75, 3.05) is 0 Å². The van der Waals surface area contributed by atoms with Crippen molar-refractivity contribution >= 4 is 33.5 Å². The lowest BCUT2D eigenvalue weighted by Crippen LogP contribution is -2.15. The van der Waals surface area contributed by atoms with Crippen molar-refractivity contribution in [3.8, 4) is 0 Å². The lowest BCUT2D eigenvalue weighted by molar-refractivity contribution is -0.137. The Balaban J connectivity index is 2.45. The average molecular weight is 376 g/mol. The van der Waals surface area contributed by atoms with Crippen LogP contribution in [-0.4, -0.2) is 10.8 Å². The van der Waals surface area contributed by atoms with Crippen molar-refractivity contribution in [3.05, 3.63) is 52.1 Å². The molecule has 0 amide bonds. The standard InChI is InChI=1S/C13H9BrF3N3S/c14-9-2-1-5-20-12(9)21-10-4-3-7(13(15,16)17)6-8(10)11(18)19/h1-6H,(H3,18,19). The van der Waals surface area contributed by atoms with E-state index < -0.39 is 17.6 Å². The molecule has 21 heavy (non-hydrogen) atoms. The Labute approximate surface area is 131 Å². The minimum atomic E-state index is -4.47. The lowest BCUT2D eigenvalue weighted by atomic mass is 10.1. The first-order chi connectivity index (χ1) is 9.79. The monoisotopic (exact) mass is 375 g/mol. The molecule has 0 bridgehead atoms. The Morgan fingerprint density at radius 3 is 2.57 bits per heavy atom.